The number of rotatable bonds is 2. The summed E-state index contributed by atoms with van der Waals surface area (Å²) in [7, 11) is 0. The minimum Gasteiger partial charge on any atom is -0.338 e. The number of thiophene rings is 1. The van der Waals surface area contributed by atoms with Crippen LogP contribution in [0.3, 0.4) is 0 Å². The molecule has 0 saturated carbocycles. The van der Waals surface area contributed by atoms with Crippen molar-refractivity contribution in [2.45, 2.75) is 32.1 Å². The third kappa shape index (κ3) is 2.72. The van der Waals surface area contributed by atoms with E-state index in [-0.39, 0.29) is 5.91 Å². The first-order valence-corrected chi connectivity index (χ1v) is 7.84. The van der Waals surface area contributed by atoms with Crippen molar-refractivity contribution < 1.29 is 4.79 Å². The summed E-state index contributed by atoms with van der Waals surface area (Å²) in [5, 5.41) is 13.0. The Morgan fingerprint density at radius 1 is 1.15 bits per heavy atom. The van der Waals surface area contributed by atoms with Crippen LogP contribution in [0.2, 0.25) is 0 Å². The van der Waals surface area contributed by atoms with Crippen molar-refractivity contribution in [2.24, 2.45) is 0 Å². The summed E-state index contributed by atoms with van der Waals surface area (Å²) in [6, 6.07) is 1.89. The number of likely N-dealkylation sites (tertiary alicyclic amines) is 1. The molecule has 1 fully saturated rings. The van der Waals surface area contributed by atoms with Crippen molar-refractivity contribution >= 4 is 17.2 Å². The van der Waals surface area contributed by atoms with Crippen LogP contribution < -0.4 is 0 Å². The molecule has 1 aliphatic rings. The SMILES string of the molecule is O=C(c1sccc1-n1cnnn1)N1CCCCCCC1. The van der Waals surface area contributed by atoms with Crippen molar-refractivity contribution in [1.29, 1.82) is 0 Å². The molecule has 0 atom stereocenters. The fourth-order valence-corrected chi connectivity index (χ4v) is 3.35. The van der Waals surface area contributed by atoms with Crippen molar-refractivity contribution in [1.82, 2.24) is 25.1 Å². The Morgan fingerprint density at radius 2 is 1.90 bits per heavy atom. The number of tetrazole rings is 1. The Kier molecular flexibility index (Phi) is 4.05. The molecule has 0 N–H and O–H groups in total. The summed E-state index contributed by atoms with van der Waals surface area (Å²) >= 11 is 1.45. The van der Waals surface area contributed by atoms with Gasteiger partial charge in [-0.15, -0.1) is 16.4 Å². The molecule has 106 valence electrons. The zero-order valence-electron chi connectivity index (χ0n) is 11.2. The Balaban J connectivity index is 1.81. The van der Waals surface area contributed by atoms with Crippen LogP contribution in [0.5, 0.6) is 0 Å². The van der Waals surface area contributed by atoms with Gasteiger partial charge in [-0.25, -0.2) is 0 Å². The van der Waals surface area contributed by atoms with Crippen molar-refractivity contribution in [3.63, 3.8) is 0 Å². The van der Waals surface area contributed by atoms with Gasteiger partial charge in [0.1, 0.15) is 11.2 Å². The molecular weight excluding hydrogens is 274 g/mol. The van der Waals surface area contributed by atoms with Gasteiger partial charge < -0.3 is 4.90 Å². The van der Waals surface area contributed by atoms with Crippen molar-refractivity contribution in [2.75, 3.05) is 13.1 Å². The second-order valence-electron chi connectivity index (χ2n) is 4.95. The van der Waals surface area contributed by atoms with Gasteiger partial charge in [0.25, 0.3) is 5.91 Å². The number of hydrogen-bond acceptors (Lipinski definition) is 5. The normalized spacial score (nSPS) is 16.7. The molecule has 1 saturated heterocycles. The van der Waals surface area contributed by atoms with Gasteiger partial charge in [0.05, 0.1) is 5.69 Å². The molecule has 3 heterocycles. The molecule has 6 nitrogen and oxygen atoms in total. The molecule has 0 spiro atoms. The van der Waals surface area contributed by atoms with Crippen LogP contribution in [0.1, 0.15) is 41.8 Å². The van der Waals surface area contributed by atoms with Gasteiger partial charge in [-0.05, 0) is 34.7 Å². The van der Waals surface area contributed by atoms with Gasteiger partial charge in [0, 0.05) is 13.1 Å². The van der Waals surface area contributed by atoms with E-state index >= 15 is 0 Å². The number of amides is 1. The summed E-state index contributed by atoms with van der Waals surface area (Å²) in [5.41, 5.74) is 0.770. The Labute approximate surface area is 121 Å². The summed E-state index contributed by atoms with van der Waals surface area (Å²) in [4.78, 5) is 15.4. The highest BCUT2D eigenvalue weighted by molar-refractivity contribution is 7.12. The number of aromatic nitrogens is 4. The first-order valence-electron chi connectivity index (χ1n) is 6.96. The number of nitrogens with zero attached hydrogens (tertiary/aromatic N) is 5. The lowest BCUT2D eigenvalue weighted by Gasteiger charge is -2.24. The highest BCUT2D eigenvalue weighted by atomic mass is 32.1. The molecule has 0 aromatic carbocycles. The number of carbonyl (C=O) groups excluding carboxylic acids is 1. The fraction of sp³-hybridized carbons (Fsp3) is 0.538. The van der Waals surface area contributed by atoms with E-state index in [1.54, 1.807) is 4.68 Å². The molecule has 20 heavy (non-hydrogen) atoms. The predicted molar refractivity (Wildman–Crippen MR) is 76.0 cm³/mol. The minimum absolute atomic E-state index is 0.104. The van der Waals surface area contributed by atoms with E-state index in [2.05, 4.69) is 15.5 Å². The van der Waals surface area contributed by atoms with Gasteiger partial charge >= 0.3 is 0 Å². The van der Waals surface area contributed by atoms with Crippen LogP contribution in [0.25, 0.3) is 5.69 Å². The maximum Gasteiger partial charge on any atom is 0.266 e. The van der Waals surface area contributed by atoms with Gasteiger partial charge in [-0.1, -0.05) is 19.3 Å². The molecule has 0 unspecified atom stereocenters. The highest BCUT2D eigenvalue weighted by Crippen LogP contribution is 2.23. The van der Waals surface area contributed by atoms with E-state index in [9.17, 15) is 4.79 Å². The maximum atomic E-state index is 12.7. The summed E-state index contributed by atoms with van der Waals surface area (Å²) < 4.78 is 1.55. The zero-order chi connectivity index (χ0) is 13.8. The second kappa shape index (κ2) is 6.13. The van der Waals surface area contributed by atoms with E-state index in [4.69, 9.17) is 0 Å². The minimum atomic E-state index is 0.104. The average molecular weight is 291 g/mol. The van der Waals surface area contributed by atoms with Gasteiger partial charge in [-0.3, -0.25) is 4.79 Å². The average Bonchev–Trinajstić information content (AvgIpc) is 3.08. The summed E-state index contributed by atoms with van der Waals surface area (Å²) in [6.07, 6.45) is 7.43. The van der Waals surface area contributed by atoms with Crippen molar-refractivity contribution in [3.8, 4) is 5.69 Å². The largest absolute Gasteiger partial charge is 0.338 e. The molecule has 2 aromatic rings. The number of carbonyl (C=O) groups is 1. The van der Waals surface area contributed by atoms with Crippen molar-refractivity contribution in [3.05, 3.63) is 22.7 Å². The second-order valence-corrected chi connectivity index (χ2v) is 5.87. The first-order chi connectivity index (χ1) is 9.86. The third-order valence-electron chi connectivity index (χ3n) is 3.58. The van der Waals surface area contributed by atoms with Crippen LogP contribution in [0, 0.1) is 0 Å². The third-order valence-corrected chi connectivity index (χ3v) is 4.47. The zero-order valence-corrected chi connectivity index (χ0v) is 12.1. The van der Waals surface area contributed by atoms with E-state index in [0.717, 1.165) is 36.5 Å². The van der Waals surface area contributed by atoms with E-state index in [1.165, 1.54) is 36.9 Å². The molecule has 7 heteroatoms. The number of hydrogen-bond donors (Lipinski definition) is 0. The van der Waals surface area contributed by atoms with E-state index in [1.807, 2.05) is 16.3 Å². The smallest absolute Gasteiger partial charge is 0.266 e. The van der Waals surface area contributed by atoms with Crippen LogP contribution in [0.4, 0.5) is 0 Å². The van der Waals surface area contributed by atoms with Gasteiger partial charge in [-0.2, -0.15) is 4.68 Å². The molecule has 0 aliphatic carbocycles. The summed E-state index contributed by atoms with van der Waals surface area (Å²) in [6.45, 7) is 1.71. The van der Waals surface area contributed by atoms with Gasteiger partial charge in [0.15, 0.2) is 0 Å². The quantitative estimate of drug-likeness (QED) is 0.850. The van der Waals surface area contributed by atoms with Crippen LogP contribution in [-0.2, 0) is 0 Å². The lowest BCUT2D eigenvalue weighted by atomic mass is 10.1. The standard InChI is InChI=1S/C13H17N5OS/c19-13(17-7-4-2-1-3-5-8-17)12-11(6-9-20-12)18-10-14-15-16-18/h6,9-10H,1-5,7-8H2. The molecule has 0 radical (unpaired) electrons. The van der Waals surface area contributed by atoms with Crippen LogP contribution in [-0.4, -0.2) is 44.1 Å². The molecule has 3 rings (SSSR count). The van der Waals surface area contributed by atoms with Crippen LogP contribution >= 0.6 is 11.3 Å². The summed E-state index contributed by atoms with van der Waals surface area (Å²) in [5.74, 6) is 0.104. The van der Waals surface area contributed by atoms with Gasteiger partial charge in [0.2, 0.25) is 0 Å². The predicted octanol–water partition coefficient (Wildman–Crippen LogP) is 2.13. The maximum absolute atomic E-state index is 12.7. The highest BCUT2D eigenvalue weighted by Gasteiger charge is 2.22. The molecule has 1 aliphatic heterocycles. The molecule has 1 amide bonds. The Bertz CT molecular complexity index is 557. The lowest BCUT2D eigenvalue weighted by molar-refractivity contribution is 0.0747. The molecule has 2 aromatic heterocycles. The molecular formula is C13H17N5OS. The molecule has 0 bridgehead atoms. The fourth-order valence-electron chi connectivity index (χ4n) is 2.51. The van der Waals surface area contributed by atoms with Crippen LogP contribution in [0.15, 0.2) is 17.8 Å². The lowest BCUT2D eigenvalue weighted by Crippen LogP contribution is -2.33. The monoisotopic (exact) mass is 291 g/mol. The Morgan fingerprint density at radius 3 is 2.60 bits per heavy atom. The van der Waals surface area contributed by atoms with E-state index in [0.29, 0.717) is 0 Å². The van der Waals surface area contributed by atoms with E-state index < -0.39 is 0 Å². The topological polar surface area (TPSA) is 63.9 Å². The Hall–Kier alpha value is -1.76. The first kappa shape index (κ1) is 13.2.